The van der Waals surface area contributed by atoms with Crippen LogP contribution >= 0.6 is 11.6 Å². The van der Waals surface area contributed by atoms with Crippen molar-refractivity contribution >= 4 is 22.3 Å². The minimum absolute atomic E-state index is 0.675. The van der Waals surface area contributed by atoms with Crippen LogP contribution in [-0.4, -0.2) is 27.9 Å². The fourth-order valence-corrected chi connectivity index (χ4v) is 3.04. The van der Waals surface area contributed by atoms with E-state index in [0.29, 0.717) is 11.5 Å². The van der Waals surface area contributed by atoms with Crippen molar-refractivity contribution in [3.05, 3.63) is 53.6 Å². The molecule has 0 saturated heterocycles. The van der Waals surface area contributed by atoms with Crippen molar-refractivity contribution in [1.82, 2.24) is 0 Å². The van der Waals surface area contributed by atoms with Crippen LogP contribution in [-0.2, 0) is 6.54 Å². The minimum Gasteiger partial charge on any atom is -0.497 e. The second-order valence-electron chi connectivity index (χ2n) is 5.50. The van der Waals surface area contributed by atoms with Gasteiger partial charge in [0.25, 0.3) is 0 Å². The molecular weight excluding hydrogens is 326 g/mol. The summed E-state index contributed by atoms with van der Waals surface area (Å²) < 4.78 is 16.0. The molecule has 126 valence electrons. The van der Waals surface area contributed by atoms with Gasteiger partial charge in [-0.05, 0) is 29.8 Å². The average Bonchev–Trinajstić information content (AvgIpc) is 2.63. The summed E-state index contributed by atoms with van der Waals surface area (Å²) in [5.74, 6) is 2.23. The van der Waals surface area contributed by atoms with Crippen LogP contribution in [0.3, 0.4) is 0 Å². The fourth-order valence-electron chi connectivity index (χ4n) is 2.82. The van der Waals surface area contributed by atoms with E-state index < -0.39 is 0 Å². The van der Waals surface area contributed by atoms with E-state index >= 15 is 0 Å². The van der Waals surface area contributed by atoms with Crippen molar-refractivity contribution < 1.29 is 14.2 Å². The van der Waals surface area contributed by atoms with Gasteiger partial charge in [-0.1, -0.05) is 23.7 Å². The van der Waals surface area contributed by atoms with Crippen LogP contribution in [0.15, 0.2) is 42.5 Å². The Balaban J connectivity index is 1.94. The normalized spacial score (nSPS) is 13.2. The van der Waals surface area contributed by atoms with Crippen LogP contribution < -0.4 is 19.1 Å². The number of fused-ring (bicyclic) bond motifs is 1. The SMILES string of the molecule is COc1ccc(CN2CC=C(Cl)c3cc(OC)c(OC)cc32)cc1. The Morgan fingerprint density at radius 3 is 2.25 bits per heavy atom. The molecule has 0 fully saturated rings. The molecule has 4 nitrogen and oxygen atoms in total. The molecule has 0 amide bonds. The summed E-state index contributed by atoms with van der Waals surface area (Å²) in [6.07, 6.45) is 2.01. The Morgan fingerprint density at radius 2 is 1.62 bits per heavy atom. The fraction of sp³-hybridized carbons (Fsp3) is 0.263. The van der Waals surface area contributed by atoms with Crippen molar-refractivity contribution in [2.75, 3.05) is 32.8 Å². The van der Waals surface area contributed by atoms with Crippen LogP contribution in [0.2, 0.25) is 0 Å². The minimum atomic E-state index is 0.675. The largest absolute Gasteiger partial charge is 0.497 e. The number of hydrogen-bond donors (Lipinski definition) is 0. The van der Waals surface area contributed by atoms with E-state index in [1.807, 2.05) is 30.3 Å². The molecule has 2 aromatic rings. The Bertz CT molecular complexity index is 756. The maximum Gasteiger partial charge on any atom is 0.162 e. The number of anilines is 1. The smallest absolute Gasteiger partial charge is 0.162 e. The maximum absolute atomic E-state index is 6.40. The second-order valence-corrected chi connectivity index (χ2v) is 5.91. The van der Waals surface area contributed by atoms with Gasteiger partial charge in [-0.2, -0.15) is 0 Å². The van der Waals surface area contributed by atoms with E-state index in [0.717, 1.165) is 35.1 Å². The van der Waals surface area contributed by atoms with E-state index in [1.165, 1.54) is 5.56 Å². The van der Waals surface area contributed by atoms with Crippen molar-refractivity contribution in [2.45, 2.75) is 6.54 Å². The molecule has 1 aliphatic rings. The van der Waals surface area contributed by atoms with Crippen molar-refractivity contribution in [3.63, 3.8) is 0 Å². The van der Waals surface area contributed by atoms with Gasteiger partial charge in [0.1, 0.15) is 5.75 Å². The molecule has 0 saturated carbocycles. The molecular formula is C19H20ClNO3. The first-order valence-electron chi connectivity index (χ1n) is 7.66. The Kier molecular flexibility index (Phi) is 4.86. The first-order chi connectivity index (χ1) is 11.7. The standard InChI is InChI=1S/C19H20ClNO3/c1-22-14-6-4-13(5-7-14)12-21-9-8-16(20)15-10-18(23-2)19(24-3)11-17(15)21/h4-8,10-11H,9,12H2,1-3H3. The second kappa shape index (κ2) is 7.05. The third kappa shape index (κ3) is 3.15. The van der Waals surface area contributed by atoms with E-state index in [1.54, 1.807) is 21.3 Å². The molecule has 0 N–H and O–H groups in total. The number of methoxy groups -OCH3 is 3. The molecule has 0 atom stereocenters. The third-order valence-corrected chi connectivity index (χ3v) is 4.48. The van der Waals surface area contributed by atoms with Crippen LogP contribution in [0.25, 0.3) is 5.03 Å². The number of rotatable bonds is 5. The first-order valence-corrected chi connectivity index (χ1v) is 8.04. The molecule has 2 aromatic carbocycles. The molecule has 0 aliphatic carbocycles. The van der Waals surface area contributed by atoms with Gasteiger partial charge in [-0.15, -0.1) is 0 Å². The predicted octanol–water partition coefficient (Wildman–Crippen LogP) is 4.31. The average molecular weight is 346 g/mol. The number of halogens is 1. The zero-order chi connectivity index (χ0) is 17.1. The summed E-state index contributed by atoms with van der Waals surface area (Å²) in [5.41, 5.74) is 3.19. The first kappa shape index (κ1) is 16.5. The van der Waals surface area contributed by atoms with Gasteiger partial charge in [0, 0.05) is 29.8 Å². The highest BCUT2D eigenvalue weighted by atomic mass is 35.5. The van der Waals surface area contributed by atoms with E-state index in [2.05, 4.69) is 17.0 Å². The molecule has 0 unspecified atom stereocenters. The van der Waals surface area contributed by atoms with Gasteiger partial charge in [0.05, 0.1) is 27.0 Å². The summed E-state index contributed by atoms with van der Waals surface area (Å²) in [6, 6.07) is 12.0. The summed E-state index contributed by atoms with van der Waals surface area (Å²) in [6.45, 7) is 1.51. The molecule has 5 heteroatoms. The number of hydrogen-bond acceptors (Lipinski definition) is 4. The maximum atomic E-state index is 6.40. The molecule has 0 spiro atoms. The molecule has 3 rings (SSSR count). The number of nitrogens with zero attached hydrogens (tertiary/aromatic N) is 1. The highest BCUT2D eigenvalue weighted by molar-refractivity contribution is 6.49. The van der Waals surface area contributed by atoms with Gasteiger partial charge >= 0.3 is 0 Å². The quantitative estimate of drug-likeness (QED) is 0.808. The van der Waals surface area contributed by atoms with Crippen LogP contribution in [0.4, 0.5) is 5.69 Å². The number of benzene rings is 2. The summed E-state index contributed by atoms with van der Waals surface area (Å²) in [5, 5.41) is 0.733. The topological polar surface area (TPSA) is 30.9 Å². The van der Waals surface area contributed by atoms with Gasteiger partial charge in [-0.25, -0.2) is 0 Å². The summed E-state index contributed by atoms with van der Waals surface area (Å²) >= 11 is 6.40. The lowest BCUT2D eigenvalue weighted by Crippen LogP contribution is -2.26. The molecule has 1 heterocycles. The molecule has 24 heavy (non-hydrogen) atoms. The van der Waals surface area contributed by atoms with Crippen LogP contribution in [0.5, 0.6) is 17.2 Å². The summed E-state index contributed by atoms with van der Waals surface area (Å²) in [4.78, 5) is 2.25. The summed E-state index contributed by atoms with van der Waals surface area (Å²) in [7, 11) is 4.93. The van der Waals surface area contributed by atoms with E-state index in [-0.39, 0.29) is 0 Å². The monoisotopic (exact) mass is 345 g/mol. The Morgan fingerprint density at radius 1 is 0.958 bits per heavy atom. The molecule has 0 bridgehead atoms. The lowest BCUT2D eigenvalue weighted by Gasteiger charge is -2.30. The third-order valence-electron chi connectivity index (χ3n) is 4.12. The Labute approximate surface area is 147 Å². The highest BCUT2D eigenvalue weighted by Crippen LogP contribution is 2.42. The zero-order valence-electron chi connectivity index (χ0n) is 14.0. The van der Waals surface area contributed by atoms with Crippen molar-refractivity contribution in [3.8, 4) is 17.2 Å². The van der Waals surface area contributed by atoms with E-state index in [4.69, 9.17) is 25.8 Å². The van der Waals surface area contributed by atoms with Crippen LogP contribution in [0.1, 0.15) is 11.1 Å². The van der Waals surface area contributed by atoms with Crippen molar-refractivity contribution in [2.24, 2.45) is 0 Å². The van der Waals surface area contributed by atoms with Gasteiger partial charge in [-0.3, -0.25) is 0 Å². The molecule has 1 aliphatic heterocycles. The predicted molar refractivity (Wildman–Crippen MR) is 97.4 cm³/mol. The lowest BCUT2D eigenvalue weighted by atomic mass is 10.0. The van der Waals surface area contributed by atoms with E-state index in [9.17, 15) is 0 Å². The van der Waals surface area contributed by atoms with Gasteiger partial charge < -0.3 is 19.1 Å². The molecule has 0 aromatic heterocycles. The Hall–Kier alpha value is -2.33. The van der Waals surface area contributed by atoms with Gasteiger partial charge in [0.2, 0.25) is 0 Å². The zero-order valence-corrected chi connectivity index (χ0v) is 14.8. The number of ether oxygens (including phenoxy) is 3. The molecule has 0 radical (unpaired) electrons. The van der Waals surface area contributed by atoms with Gasteiger partial charge in [0.15, 0.2) is 11.5 Å². The highest BCUT2D eigenvalue weighted by Gasteiger charge is 2.21. The van der Waals surface area contributed by atoms with Crippen LogP contribution in [0, 0.1) is 0 Å². The van der Waals surface area contributed by atoms with Crippen molar-refractivity contribution in [1.29, 1.82) is 0 Å². The lowest BCUT2D eigenvalue weighted by molar-refractivity contribution is 0.355.